The largest absolute Gasteiger partial charge is 0.497 e. The molecule has 3 aromatic rings. The minimum Gasteiger partial charge on any atom is -0.497 e. The highest BCUT2D eigenvalue weighted by Crippen LogP contribution is 2.22. The topological polar surface area (TPSA) is 76.5 Å². The van der Waals surface area contributed by atoms with Crippen molar-refractivity contribution in [3.8, 4) is 5.75 Å². The fourth-order valence-electron chi connectivity index (χ4n) is 3.32. The molecule has 7 nitrogen and oxygen atoms in total. The van der Waals surface area contributed by atoms with E-state index in [1.807, 2.05) is 49.3 Å². The Labute approximate surface area is 169 Å². The van der Waals surface area contributed by atoms with Gasteiger partial charge in [-0.3, -0.25) is 14.2 Å². The highest BCUT2D eigenvalue weighted by Gasteiger charge is 2.17. The molecule has 1 N–H and O–H groups in total. The smallest absolute Gasteiger partial charge is 0.261 e. The first kappa shape index (κ1) is 20.5. The number of fused-ring (bicyclic) bond motifs is 1. The van der Waals surface area contributed by atoms with E-state index in [-0.39, 0.29) is 24.1 Å². The quantitative estimate of drug-likeness (QED) is 0.664. The van der Waals surface area contributed by atoms with Crippen LogP contribution in [0, 0.1) is 6.92 Å². The number of carbonyl (C=O) groups excluding carboxylic acids is 1. The summed E-state index contributed by atoms with van der Waals surface area (Å²) in [6.45, 7) is 2.08. The van der Waals surface area contributed by atoms with Crippen LogP contribution in [0.1, 0.15) is 17.4 Å². The first-order valence-electron chi connectivity index (χ1n) is 9.44. The normalized spacial score (nSPS) is 12.2. The molecule has 0 saturated heterocycles. The summed E-state index contributed by atoms with van der Waals surface area (Å²) in [5, 5.41) is 3.45. The Bertz CT molecular complexity index is 1080. The number of hydrogen-bond donors (Lipinski definition) is 1. The molecule has 152 valence electrons. The Balaban J connectivity index is 1.75. The van der Waals surface area contributed by atoms with Gasteiger partial charge in [-0.2, -0.15) is 0 Å². The standard InChI is InChI=1S/C22H26N4O3/c1-15-24-19-11-6-5-10-18(19)22(28)26(15)14-21(27)23-13-20(25(2)3)16-8-7-9-17(12-16)29-4/h5-12,20H,13-14H2,1-4H3,(H,23,27). The van der Waals surface area contributed by atoms with Crippen molar-refractivity contribution in [1.82, 2.24) is 19.8 Å². The maximum absolute atomic E-state index is 12.7. The molecule has 0 fully saturated rings. The van der Waals surface area contributed by atoms with E-state index < -0.39 is 0 Å². The number of methoxy groups -OCH3 is 1. The van der Waals surface area contributed by atoms with Gasteiger partial charge in [-0.1, -0.05) is 24.3 Å². The van der Waals surface area contributed by atoms with Gasteiger partial charge >= 0.3 is 0 Å². The third kappa shape index (κ3) is 4.63. The van der Waals surface area contributed by atoms with E-state index in [4.69, 9.17) is 4.74 Å². The van der Waals surface area contributed by atoms with E-state index in [1.165, 1.54) is 4.57 Å². The molecular weight excluding hydrogens is 368 g/mol. The van der Waals surface area contributed by atoms with Crippen molar-refractivity contribution in [2.24, 2.45) is 0 Å². The van der Waals surface area contributed by atoms with Crippen LogP contribution in [0.3, 0.4) is 0 Å². The van der Waals surface area contributed by atoms with Crippen molar-refractivity contribution in [2.45, 2.75) is 19.5 Å². The number of hydrogen-bond acceptors (Lipinski definition) is 5. The average molecular weight is 394 g/mol. The summed E-state index contributed by atoms with van der Waals surface area (Å²) in [6, 6.07) is 14.9. The zero-order valence-corrected chi connectivity index (χ0v) is 17.2. The van der Waals surface area contributed by atoms with E-state index in [2.05, 4.69) is 10.3 Å². The van der Waals surface area contributed by atoms with Gasteiger partial charge in [0.25, 0.3) is 5.56 Å². The van der Waals surface area contributed by atoms with Gasteiger partial charge in [-0.05, 0) is 50.8 Å². The predicted octanol–water partition coefficient (Wildman–Crippen LogP) is 2.13. The lowest BCUT2D eigenvalue weighted by atomic mass is 10.1. The number of nitrogens with zero attached hydrogens (tertiary/aromatic N) is 3. The number of ether oxygens (including phenoxy) is 1. The van der Waals surface area contributed by atoms with Crippen LogP contribution >= 0.6 is 0 Å². The minimum atomic E-state index is -0.234. The summed E-state index contributed by atoms with van der Waals surface area (Å²) in [5.41, 5.74) is 1.47. The van der Waals surface area contributed by atoms with Crippen LogP contribution in [0.5, 0.6) is 5.75 Å². The molecule has 29 heavy (non-hydrogen) atoms. The second kappa shape index (κ2) is 8.87. The summed E-state index contributed by atoms with van der Waals surface area (Å²) in [6.07, 6.45) is 0. The molecule has 1 amide bonds. The fraction of sp³-hybridized carbons (Fsp3) is 0.318. The molecule has 0 spiro atoms. The zero-order chi connectivity index (χ0) is 21.0. The first-order chi connectivity index (χ1) is 13.9. The predicted molar refractivity (Wildman–Crippen MR) is 113 cm³/mol. The first-order valence-corrected chi connectivity index (χ1v) is 9.44. The molecule has 3 rings (SSSR count). The number of amides is 1. The molecule has 1 unspecified atom stereocenters. The molecule has 1 aromatic heterocycles. The number of aromatic nitrogens is 2. The zero-order valence-electron chi connectivity index (χ0n) is 17.2. The maximum Gasteiger partial charge on any atom is 0.261 e. The van der Waals surface area contributed by atoms with E-state index >= 15 is 0 Å². The number of likely N-dealkylation sites (N-methyl/N-ethyl adjacent to an activating group) is 1. The second-order valence-corrected chi connectivity index (χ2v) is 7.13. The Morgan fingerprint density at radius 1 is 1.21 bits per heavy atom. The Morgan fingerprint density at radius 3 is 2.69 bits per heavy atom. The Morgan fingerprint density at radius 2 is 1.97 bits per heavy atom. The second-order valence-electron chi connectivity index (χ2n) is 7.13. The van der Waals surface area contributed by atoms with Crippen molar-refractivity contribution >= 4 is 16.8 Å². The average Bonchev–Trinajstić information content (AvgIpc) is 2.71. The molecule has 0 saturated carbocycles. The fourth-order valence-corrected chi connectivity index (χ4v) is 3.32. The highest BCUT2D eigenvalue weighted by molar-refractivity contribution is 5.79. The van der Waals surface area contributed by atoms with E-state index in [1.54, 1.807) is 32.2 Å². The van der Waals surface area contributed by atoms with Crippen molar-refractivity contribution in [2.75, 3.05) is 27.7 Å². The minimum absolute atomic E-state index is 0.0263. The third-order valence-corrected chi connectivity index (χ3v) is 4.95. The lowest BCUT2D eigenvalue weighted by Crippen LogP contribution is -2.38. The number of aryl methyl sites for hydroxylation is 1. The molecule has 1 heterocycles. The molecule has 0 aliphatic carbocycles. The van der Waals surface area contributed by atoms with Gasteiger partial charge in [-0.25, -0.2) is 4.98 Å². The van der Waals surface area contributed by atoms with Gasteiger partial charge < -0.3 is 15.0 Å². The summed E-state index contributed by atoms with van der Waals surface area (Å²) in [7, 11) is 5.54. The monoisotopic (exact) mass is 394 g/mol. The molecular formula is C22H26N4O3. The van der Waals surface area contributed by atoms with Gasteiger partial charge in [0, 0.05) is 6.54 Å². The van der Waals surface area contributed by atoms with Crippen molar-refractivity contribution < 1.29 is 9.53 Å². The van der Waals surface area contributed by atoms with E-state index in [0.29, 0.717) is 23.3 Å². The summed E-state index contributed by atoms with van der Waals surface area (Å²) in [4.78, 5) is 31.8. The lowest BCUT2D eigenvalue weighted by molar-refractivity contribution is -0.122. The SMILES string of the molecule is COc1cccc(C(CNC(=O)Cn2c(C)nc3ccccc3c2=O)N(C)C)c1. The number of benzene rings is 2. The van der Waals surface area contributed by atoms with Crippen LogP contribution in [-0.2, 0) is 11.3 Å². The van der Waals surface area contributed by atoms with E-state index in [9.17, 15) is 9.59 Å². The van der Waals surface area contributed by atoms with Gasteiger partial charge in [0.05, 0.1) is 24.1 Å². The summed E-state index contributed by atoms with van der Waals surface area (Å²) < 4.78 is 6.71. The van der Waals surface area contributed by atoms with Crippen LogP contribution in [0.2, 0.25) is 0 Å². The maximum atomic E-state index is 12.7. The Hall–Kier alpha value is -3.19. The molecule has 0 aliphatic heterocycles. The van der Waals surface area contributed by atoms with Gasteiger partial charge in [0.1, 0.15) is 18.1 Å². The summed E-state index contributed by atoms with van der Waals surface area (Å²) in [5.74, 6) is 1.05. The highest BCUT2D eigenvalue weighted by atomic mass is 16.5. The number of carbonyl (C=O) groups is 1. The van der Waals surface area contributed by atoms with Crippen LogP contribution in [0.4, 0.5) is 0 Å². The Kier molecular flexibility index (Phi) is 6.29. The van der Waals surface area contributed by atoms with Crippen LogP contribution in [0.15, 0.2) is 53.3 Å². The molecule has 0 radical (unpaired) electrons. The van der Waals surface area contributed by atoms with Gasteiger partial charge in [0.2, 0.25) is 5.91 Å². The number of nitrogens with one attached hydrogen (secondary N) is 1. The van der Waals surface area contributed by atoms with Crippen molar-refractivity contribution in [3.05, 3.63) is 70.3 Å². The molecule has 1 atom stereocenters. The van der Waals surface area contributed by atoms with Crippen LogP contribution in [0.25, 0.3) is 10.9 Å². The van der Waals surface area contributed by atoms with Crippen LogP contribution in [-0.4, -0.2) is 48.1 Å². The summed E-state index contributed by atoms with van der Waals surface area (Å²) >= 11 is 0. The third-order valence-electron chi connectivity index (χ3n) is 4.95. The van der Waals surface area contributed by atoms with Crippen molar-refractivity contribution in [3.63, 3.8) is 0 Å². The number of para-hydroxylation sites is 1. The van der Waals surface area contributed by atoms with Crippen LogP contribution < -0.4 is 15.6 Å². The molecule has 2 aromatic carbocycles. The molecule has 0 aliphatic rings. The van der Waals surface area contributed by atoms with Gasteiger partial charge in [-0.15, -0.1) is 0 Å². The number of rotatable bonds is 7. The lowest BCUT2D eigenvalue weighted by Gasteiger charge is -2.25. The van der Waals surface area contributed by atoms with Gasteiger partial charge in [0.15, 0.2) is 0 Å². The van der Waals surface area contributed by atoms with E-state index in [0.717, 1.165) is 11.3 Å². The van der Waals surface area contributed by atoms with Crippen molar-refractivity contribution in [1.29, 1.82) is 0 Å². The molecule has 0 bridgehead atoms. The molecule has 7 heteroatoms.